The van der Waals surface area contributed by atoms with E-state index in [9.17, 15) is 43.2 Å². The molecule has 0 bridgehead atoms. The summed E-state index contributed by atoms with van der Waals surface area (Å²) in [6, 6.07) is 0. The van der Waals surface area contributed by atoms with Crippen LogP contribution in [0.25, 0.3) is 0 Å². The molecule has 3 N–H and O–H groups in total. The zero-order valence-corrected chi connectivity index (χ0v) is 69.0. The van der Waals surface area contributed by atoms with Crippen LogP contribution in [0.2, 0.25) is 0 Å². The smallest absolute Gasteiger partial charge is 0.462 e. The minimum Gasteiger partial charge on any atom is -0.462 e. The summed E-state index contributed by atoms with van der Waals surface area (Å²) in [6.45, 7) is 14.3. The number of unbranched alkanes of at least 4 members (excludes halogenated alkanes) is 44. The Morgan fingerprint density at radius 3 is 0.696 bits per heavy atom. The van der Waals surface area contributed by atoms with Crippen LogP contribution in [0.1, 0.15) is 428 Å². The van der Waals surface area contributed by atoms with Gasteiger partial charge >= 0.3 is 39.5 Å². The van der Waals surface area contributed by atoms with Crippen molar-refractivity contribution < 1.29 is 80.2 Å². The number of phosphoric acid groups is 2. The Morgan fingerprint density at radius 1 is 0.275 bits per heavy atom. The van der Waals surface area contributed by atoms with Gasteiger partial charge in [-0.15, -0.1) is 0 Å². The Kier molecular flexibility index (Phi) is 70.6. The van der Waals surface area contributed by atoms with Gasteiger partial charge in [0.2, 0.25) is 0 Å². The number of rotatable bonds is 80. The van der Waals surface area contributed by atoms with Crippen molar-refractivity contribution in [3.63, 3.8) is 0 Å². The quantitative estimate of drug-likeness (QED) is 0.0222. The summed E-state index contributed by atoms with van der Waals surface area (Å²) in [5.74, 6) is 1.06. The summed E-state index contributed by atoms with van der Waals surface area (Å²) in [5.41, 5.74) is 0. The molecule has 0 saturated carbocycles. The van der Waals surface area contributed by atoms with Gasteiger partial charge in [0.25, 0.3) is 0 Å². The summed E-state index contributed by atoms with van der Waals surface area (Å²) in [5, 5.41) is 10.7. The van der Waals surface area contributed by atoms with E-state index >= 15 is 0 Å². The van der Waals surface area contributed by atoms with Crippen LogP contribution >= 0.6 is 15.6 Å². The van der Waals surface area contributed by atoms with Gasteiger partial charge in [0.1, 0.15) is 19.3 Å². The number of carbonyl (C=O) groups excluding carboxylic acids is 4. The van der Waals surface area contributed by atoms with Crippen LogP contribution in [-0.4, -0.2) is 96.7 Å². The number of aliphatic hydroxyl groups excluding tert-OH is 1. The zero-order valence-electron chi connectivity index (χ0n) is 67.2. The minimum absolute atomic E-state index is 0.106. The summed E-state index contributed by atoms with van der Waals surface area (Å²) >= 11 is 0. The highest BCUT2D eigenvalue weighted by Gasteiger charge is 2.30. The third kappa shape index (κ3) is 73.6. The lowest BCUT2D eigenvalue weighted by molar-refractivity contribution is -0.161. The fraction of sp³-hybridized carbons (Fsp3) is 0.952. The molecule has 102 heavy (non-hydrogen) atoms. The van der Waals surface area contributed by atoms with E-state index in [4.69, 9.17) is 37.0 Å². The fourth-order valence-corrected chi connectivity index (χ4v) is 14.3. The van der Waals surface area contributed by atoms with Crippen LogP contribution in [0, 0.1) is 23.7 Å². The van der Waals surface area contributed by atoms with Crippen LogP contribution in [0.4, 0.5) is 0 Å². The van der Waals surface area contributed by atoms with Crippen molar-refractivity contribution in [2.24, 2.45) is 23.7 Å². The van der Waals surface area contributed by atoms with Gasteiger partial charge in [-0.1, -0.05) is 376 Å². The monoisotopic (exact) mass is 1490 g/mol. The molecule has 0 aromatic heterocycles. The molecule has 7 atom stereocenters. The highest BCUT2D eigenvalue weighted by atomic mass is 31.2. The van der Waals surface area contributed by atoms with Crippen molar-refractivity contribution in [3.05, 3.63) is 0 Å². The van der Waals surface area contributed by atoms with Gasteiger partial charge in [0.15, 0.2) is 12.2 Å². The van der Waals surface area contributed by atoms with E-state index < -0.39 is 97.5 Å². The van der Waals surface area contributed by atoms with Crippen LogP contribution in [0.5, 0.6) is 0 Å². The summed E-state index contributed by atoms with van der Waals surface area (Å²) in [7, 11) is -9.93. The van der Waals surface area contributed by atoms with Gasteiger partial charge in [0.05, 0.1) is 26.4 Å². The first-order chi connectivity index (χ1) is 49.2. The first kappa shape index (κ1) is 100. The van der Waals surface area contributed by atoms with Crippen LogP contribution in [-0.2, 0) is 65.4 Å². The zero-order chi connectivity index (χ0) is 75.3. The minimum atomic E-state index is -4.96. The second-order valence-electron chi connectivity index (χ2n) is 31.3. The first-order valence-corrected chi connectivity index (χ1v) is 45.8. The maximum Gasteiger partial charge on any atom is 0.472 e. The maximum absolute atomic E-state index is 13.1. The van der Waals surface area contributed by atoms with Crippen LogP contribution in [0.3, 0.4) is 0 Å². The normalized spacial score (nSPS) is 14.5. The molecule has 0 amide bonds. The molecular weight excluding hydrogens is 1330 g/mol. The topological polar surface area (TPSA) is 237 Å². The number of aliphatic hydroxyl groups is 1. The van der Waals surface area contributed by atoms with E-state index in [2.05, 4.69) is 55.4 Å². The molecule has 0 aliphatic heterocycles. The molecule has 19 heteroatoms. The van der Waals surface area contributed by atoms with Gasteiger partial charge in [-0.3, -0.25) is 37.3 Å². The molecule has 0 saturated heterocycles. The van der Waals surface area contributed by atoms with E-state index in [-0.39, 0.29) is 25.7 Å². The van der Waals surface area contributed by atoms with Crippen LogP contribution < -0.4 is 0 Å². The number of esters is 4. The molecule has 0 rings (SSSR count). The number of ether oxygens (including phenoxy) is 4. The van der Waals surface area contributed by atoms with E-state index in [0.717, 1.165) is 120 Å². The molecule has 4 unspecified atom stereocenters. The summed E-state index contributed by atoms with van der Waals surface area (Å²) in [6.07, 6.45) is 59.6. The molecule has 0 aromatic rings. The molecule has 0 aliphatic rings. The van der Waals surface area contributed by atoms with Gasteiger partial charge in [-0.05, 0) is 49.4 Å². The molecule has 0 aliphatic carbocycles. The highest BCUT2D eigenvalue weighted by molar-refractivity contribution is 7.47. The Balaban J connectivity index is 5.25. The van der Waals surface area contributed by atoms with Crippen molar-refractivity contribution in [2.75, 3.05) is 39.6 Å². The highest BCUT2D eigenvalue weighted by Crippen LogP contribution is 2.45. The molecule has 0 aromatic carbocycles. The molecule has 606 valence electrons. The van der Waals surface area contributed by atoms with Gasteiger partial charge < -0.3 is 33.8 Å². The van der Waals surface area contributed by atoms with Crippen molar-refractivity contribution in [1.29, 1.82) is 0 Å². The lowest BCUT2D eigenvalue weighted by atomic mass is 9.99. The number of hydrogen-bond acceptors (Lipinski definition) is 15. The molecule has 0 heterocycles. The largest absolute Gasteiger partial charge is 0.472 e. The molecule has 0 radical (unpaired) electrons. The number of phosphoric ester groups is 2. The van der Waals surface area contributed by atoms with E-state index in [1.807, 2.05) is 0 Å². The second kappa shape index (κ2) is 72.0. The molecular formula is C83H162O17P2. The Hall–Kier alpha value is -1.94. The third-order valence-electron chi connectivity index (χ3n) is 20.0. The van der Waals surface area contributed by atoms with Crippen LogP contribution in [0.15, 0.2) is 0 Å². The van der Waals surface area contributed by atoms with E-state index in [0.29, 0.717) is 25.7 Å². The average Bonchev–Trinajstić information content (AvgIpc) is 0.914. The van der Waals surface area contributed by atoms with Gasteiger partial charge in [-0.2, -0.15) is 0 Å². The molecule has 17 nitrogen and oxygen atoms in total. The Morgan fingerprint density at radius 2 is 0.471 bits per heavy atom. The first-order valence-electron chi connectivity index (χ1n) is 42.8. The average molecular weight is 1490 g/mol. The Bertz CT molecular complexity index is 1990. The Labute approximate surface area is 626 Å². The van der Waals surface area contributed by atoms with Crippen molar-refractivity contribution in [1.82, 2.24) is 0 Å². The third-order valence-corrected chi connectivity index (χ3v) is 21.9. The van der Waals surface area contributed by atoms with Gasteiger partial charge in [0, 0.05) is 25.7 Å². The van der Waals surface area contributed by atoms with Crippen molar-refractivity contribution in [3.8, 4) is 0 Å². The standard InChI is InChI=1S/C83H162O17P2/c1-9-75(7)61-53-45-37-31-25-19-14-15-20-26-32-38-47-55-63-80(85)93-69-78(99-82(87)65-57-49-39-33-27-21-13-11-12-17-23-29-35-43-51-59-73(3)4)71-97-101(89,90)95-67-77(84)68-96-102(91,92)98-72-79(70-94-81(86)64-56-48-42-41-46-54-62-76(8)10-2)100-83(88)66-58-50-40-34-28-22-16-18-24-30-36-44-52-60-74(5)6/h73-79,84H,9-72H2,1-8H3,(H,89,90)(H,91,92)/t75?,76?,77-,78-,79-/m1/s1. The van der Waals surface area contributed by atoms with Gasteiger partial charge in [-0.25, -0.2) is 9.13 Å². The second-order valence-corrected chi connectivity index (χ2v) is 34.2. The molecule has 0 spiro atoms. The summed E-state index contributed by atoms with van der Waals surface area (Å²) < 4.78 is 68.8. The maximum atomic E-state index is 13.1. The molecule has 0 fully saturated rings. The lowest BCUT2D eigenvalue weighted by Crippen LogP contribution is -2.30. The fourth-order valence-electron chi connectivity index (χ4n) is 12.7. The predicted octanol–water partition coefficient (Wildman–Crippen LogP) is 24.8. The SMILES string of the molecule is CCC(C)CCCCCCCCCCCCCCCCC(=O)OC[C@H](COP(=O)(O)OC[C@@H](O)COP(=O)(O)OC[C@@H](COC(=O)CCCCCCCCC(C)CC)OC(=O)CCCCCCCCCCCCCCCC(C)C)OC(=O)CCCCCCCCCCCCCCCCCC(C)C. The van der Waals surface area contributed by atoms with Crippen molar-refractivity contribution in [2.45, 2.75) is 446 Å². The van der Waals surface area contributed by atoms with E-state index in [1.165, 1.54) is 225 Å². The van der Waals surface area contributed by atoms with Crippen molar-refractivity contribution >= 4 is 39.5 Å². The lowest BCUT2D eigenvalue weighted by Gasteiger charge is -2.21. The number of carbonyl (C=O) groups is 4. The summed E-state index contributed by atoms with van der Waals surface area (Å²) in [4.78, 5) is 73.1. The van der Waals surface area contributed by atoms with E-state index in [1.54, 1.807) is 0 Å². The predicted molar refractivity (Wildman–Crippen MR) is 418 cm³/mol. The number of hydrogen-bond donors (Lipinski definition) is 3.